The number of hydrogen-bond donors (Lipinski definition) is 2. The number of carboxylic acids is 1. The zero-order valence-electron chi connectivity index (χ0n) is 11.3. The lowest BCUT2D eigenvalue weighted by Gasteiger charge is -2.23. The third kappa shape index (κ3) is 4.40. The molecule has 1 rings (SSSR count). The van der Waals surface area contributed by atoms with E-state index in [0.29, 0.717) is 17.5 Å². The quantitative estimate of drug-likeness (QED) is 0.761. The summed E-state index contributed by atoms with van der Waals surface area (Å²) in [6.45, 7) is 10.1. The van der Waals surface area contributed by atoms with E-state index in [2.05, 4.69) is 31.0 Å². The normalized spacial score (nSPS) is 12.9. The maximum atomic E-state index is 11.0. The summed E-state index contributed by atoms with van der Waals surface area (Å²) in [5, 5.41) is 14.2. The van der Waals surface area contributed by atoms with E-state index in [9.17, 15) is 4.79 Å². The Bertz CT molecular complexity index is 375. The van der Waals surface area contributed by atoms with Crippen molar-refractivity contribution in [2.45, 2.75) is 33.4 Å². The number of rotatable bonds is 8. The van der Waals surface area contributed by atoms with E-state index in [0.717, 1.165) is 25.2 Å². The molecule has 0 aromatic carbocycles. The highest BCUT2D eigenvalue weighted by Crippen LogP contribution is 2.16. The second-order valence-corrected chi connectivity index (χ2v) is 5.26. The Morgan fingerprint density at radius 1 is 1.50 bits per heavy atom. The van der Waals surface area contributed by atoms with Gasteiger partial charge in [-0.05, 0) is 37.0 Å². The molecule has 1 atom stereocenters. The Labute approximate surface area is 113 Å². The number of likely N-dealkylation sites (N-methyl/N-ethyl adjacent to an activating group) is 1. The van der Waals surface area contributed by atoms with Crippen LogP contribution in [0.15, 0.2) is 11.4 Å². The highest BCUT2D eigenvalue weighted by Gasteiger charge is 2.12. The van der Waals surface area contributed by atoms with E-state index >= 15 is 0 Å². The van der Waals surface area contributed by atoms with Crippen LogP contribution in [0.3, 0.4) is 0 Å². The molecule has 1 unspecified atom stereocenters. The summed E-state index contributed by atoms with van der Waals surface area (Å²) in [6.07, 6.45) is 0. The van der Waals surface area contributed by atoms with Gasteiger partial charge in [-0.3, -0.25) is 0 Å². The van der Waals surface area contributed by atoms with Crippen molar-refractivity contribution in [1.82, 2.24) is 10.2 Å². The molecule has 18 heavy (non-hydrogen) atoms. The third-order valence-corrected chi connectivity index (χ3v) is 3.95. The summed E-state index contributed by atoms with van der Waals surface area (Å²) < 4.78 is 0. The maximum absolute atomic E-state index is 11.0. The standard InChI is InChI=1S/C13H22N2O2S/c1-4-15(5-2)9-10(3)14-8-11-6-7-18-12(11)13(16)17/h6-7,10,14H,4-5,8-9H2,1-3H3,(H,16,17). The lowest BCUT2D eigenvalue weighted by Crippen LogP contribution is -2.38. The molecule has 1 aromatic heterocycles. The maximum Gasteiger partial charge on any atom is 0.346 e. The minimum absolute atomic E-state index is 0.353. The van der Waals surface area contributed by atoms with Gasteiger partial charge in [-0.2, -0.15) is 0 Å². The van der Waals surface area contributed by atoms with Crippen molar-refractivity contribution in [3.05, 3.63) is 21.9 Å². The van der Waals surface area contributed by atoms with E-state index in [1.807, 2.05) is 11.4 Å². The van der Waals surface area contributed by atoms with Gasteiger partial charge in [0.15, 0.2) is 0 Å². The van der Waals surface area contributed by atoms with Crippen molar-refractivity contribution in [2.75, 3.05) is 19.6 Å². The van der Waals surface area contributed by atoms with Gasteiger partial charge in [0.25, 0.3) is 0 Å². The summed E-state index contributed by atoms with van der Waals surface area (Å²) in [4.78, 5) is 13.8. The summed E-state index contributed by atoms with van der Waals surface area (Å²) in [5.41, 5.74) is 0.874. The predicted molar refractivity (Wildman–Crippen MR) is 75.4 cm³/mol. The number of hydrogen-bond acceptors (Lipinski definition) is 4. The predicted octanol–water partition coefficient (Wildman–Crippen LogP) is 2.27. The van der Waals surface area contributed by atoms with Crippen LogP contribution in [-0.4, -0.2) is 41.7 Å². The second-order valence-electron chi connectivity index (χ2n) is 4.35. The van der Waals surface area contributed by atoms with Crippen molar-refractivity contribution < 1.29 is 9.90 Å². The van der Waals surface area contributed by atoms with E-state index in [1.54, 1.807) is 0 Å². The van der Waals surface area contributed by atoms with Crippen LogP contribution in [0.1, 0.15) is 36.0 Å². The van der Waals surface area contributed by atoms with Crippen LogP contribution in [0, 0.1) is 0 Å². The molecule has 102 valence electrons. The molecule has 4 nitrogen and oxygen atoms in total. The summed E-state index contributed by atoms with van der Waals surface area (Å²) in [6, 6.07) is 2.23. The summed E-state index contributed by atoms with van der Waals surface area (Å²) in [7, 11) is 0. The van der Waals surface area contributed by atoms with Crippen molar-refractivity contribution in [3.63, 3.8) is 0 Å². The Kier molecular flexibility index (Phi) is 6.32. The van der Waals surface area contributed by atoms with Crippen LogP contribution in [-0.2, 0) is 6.54 Å². The molecule has 0 radical (unpaired) electrons. The lowest BCUT2D eigenvalue weighted by atomic mass is 10.2. The Morgan fingerprint density at radius 2 is 2.17 bits per heavy atom. The molecule has 0 fully saturated rings. The van der Waals surface area contributed by atoms with Crippen LogP contribution in [0.25, 0.3) is 0 Å². The van der Waals surface area contributed by atoms with Crippen LogP contribution in [0.5, 0.6) is 0 Å². The molecule has 1 heterocycles. The summed E-state index contributed by atoms with van der Waals surface area (Å²) >= 11 is 1.28. The first kappa shape index (κ1) is 15.1. The zero-order chi connectivity index (χ0) is 13.5. The van der Waals surface area contributed by atoms with Crippen LogP contribution in [0.2, 0.25) is 0 Å². The average molecular weight is 270 g/mol. The molecule has 0 aliphatic carbocycles. The Balaban J connectivity index is 2.44. The molecule has 5 heteroatoms. The number of carbonyl (C=O) groups is 1. The molecular formula is C13H22N2O2S. The zero-order valence-corrected chi connectivity index (χ0v) is 12.1. The van der Waals surface area contributed by atoms with Gasteiger partial charge in [-0.25, -0.2) is 4.79 Å². The third-order valence-electron chi connectivity index (χ3n) is 3.01. The fourth-order valence-corrected chi connectivity index (χ4v) is 2.64. The van der Waals surface area contributed by atoms with Gasteiger partial charge >= 0.3 is 5.97 Å². The van der Waals surface area contributed by atoms with Crippen molar-refractivity contribution >= 4 is 17.3 Å². The van der Waals surface area contributed by atoms with Gasteiger partial charge in [0, 0.05) is 19.1 Å². The van der Waals surface area contributed by atoms with E-state index in [-0.39, 0.29) is 0 Å². The number of nitrogens with zero attached hydrogens (tertiary/aromatic N) is 1. The van der Waals surface area contributed by atoms with E-state index in [1.165, 1.54) is 11.3 Å². The smallest absolute Gasteiger partial charge is 0.346 e. The lowest BCUT2D eigenvalue weighted by molar-refractivity contribution is 0.0701. The van der Waals surface area contributed by atoms with Crippen LogP contribution in [0.4, 0.5) is 0 Å². The fourth-order valence-electron chi connectivity index (χ4n) is 1.88. The van der Waals surface area contributed by atoms with E-state index < -0.39 is 5.97 Å². The molecule has 1 aromatic rings. The van der Waals surface area contributed by atoms with Crippen molar-refractivity contribution in [3.8, 4) is 0 Å². The molecule has 0 spiro atoms. The average Bonchev–Trinajstić information content (AvgIpc) is 2.81. The van der Waals surface area contributed by atoms with Gasteiger partial charge in [0.05, 0.1) is 0 Å². The second kappa shape index (κ2) is 7.51. The molecule has 0 saturated carbocycles. The first-order chi connectivity index (χ1) is 8.58. The van der Waals surface area contributed by atoms with Crippen molar-refractivity contribution in [2.24, 2.45) is 0 Å². The highest BCUT2D eigenvalue weighted by atomic mass is 32.1. The largest absolute Gasteiger partial charge is 0.477 e. The monoisotopic (exact) mass is 270 g/mol. The topological polar surface area (TPSA) is 52.6 Å². The minimum atomic E-state index is -0.835. The molecule has 0 amide bonds. The molecule has 0 aliphatic rings. The van der Waals surface area contributed by atoms with Gasteiger partial charge < -0.3 is 15.3 Å². The van der Waals surface area contributed by atoms with Crippen LogP contribution < -0.4 is 5.32 Å². The van der Waals surface area contributed by atoms with Crippen LogP contribution >= 0.6 is 11.3 Å². The molecule has 2 N–H and O–H groups in total. The summed E-state index contributed by atoms with van der Waals surface area (Å²) in [5.74, 6) is -0.835. The molecular weight excluding hydrogens is 248 g/mol. The molecule has 0 aliphatic heterocycles. The molecule has 0 bridgehead atoms. The Morgan fingerprint density at radius 3 is 2.72 bits per heavy atom. The highest BCUT2D eigenvalue weighted by molar-refractivity contribution is 7.12. The number of aromatic carboxylic acids is 1. The van der Waals surface area contributed by atoms with Gasteiger partial charge in [0.2, 0.25) is 0 Å². The Hall–Kier alpha value is -0.910. The number of thiophene rings is 1. The molecule has 0 saturated heterocycles. The number of nitrogens with one attached hydrogen (secondary N) is 1. The van der Waals surface area contributed by atoms with E-state index in [4.69, 9.17) is 5.11 Å². The van der Waals surface area contributed by atoms with Crippen molar-refractivity contribution in [1.29, 1.82) is 0 Å². The number of carboxylic acid groups (broad SMARTS) is 1. The first-order valence-corrected chi connectivity index (χ1v) is 7.21. The first-order valence-electron chi connectivity index (χ1n) is 6.33. The SMILES string of the molecule is CCN(CC)CC(C)NCc1ccsc1C(=O)O. The minimum Gasteiger partial charge on any atom is -0.477 e. The van der Waals surface area contributed by atoms with Gasteiger partial charge in [-0.15, -0.1) is 11.3 Å². The fraction of sp³-hybridized carbons (Fsp3) is 0.615. The van der Waals surface area contributed by atoms with Gasteiger partial charge in [0.1, 0.15) is 4.88 Å². The van der Waals surface area contributed by atoms with Gasteiger partial charge in [-0.1, -0.05) is 13.8 Å².